The van der Waals surface area contributed by atoms with Crippen molar-refractivity contribution in [2.75, 3.05) is 18.9 Å². The van der Waals surface area contributed by atoms with E-state index in [0.717, 1.165) is 21.5 Å². The molecule has 2 N–H and O–H groups in total. The third-order valence-electron chi connectivity index (χ3n) is 5.37. The van der Waals surface area contributed by atoms with Crippen molar-refractivity contribution in [3.05, 3.63) is 48.0 Å². The maximum atomic E-state index is 13.0. The first-order chi connectivity index (χ1) is 14.0. The Hall–Kier alpha value is -2.55. The van der Waals surface area contributed by atoms with Gasteiger partial charge in [-0.05, 0) is 49.2 Å². The first-order valence-electron chi connectivity index (χ1n) is 9.38. The van der Waals surface area contributed by atoms with Gasteiger partial charge in [-0.2, -0.15) is 0 Å². The van der Waals surface area contributed by atoms with Crippen LogP contribution in [0.2, 0.25) is 0 Å². The van der Waals surface area contributed by atoms with Crippen LogP contribution in [0.25, 0.3) is 32.4 Å². The fraction of sp³-hybridized carbons (Fsp3) is 0.238. The van der Waals surface area contributed by atoms with Crippen molar-refractivity contribution in [2.24, 2.45) is 0 Å². The summed E-state index contributed by atoms with van der Waals surface area (Å²) < 4.78 is 32.4. The monoisotopic (exact) mass is 425 g/mol. The summed E-state index contributed by atoms with van der Waals surface area (Å²) in [6.45, 7) is 0.960. The van der Waals surface area contributed by atoms with Gasteiger partial charge in [-0.1, -0.05) is 6.07 Å². The highest BCUT2D eigenvalue weighted by Crippen LogP contribution is 2.32. The van der Waals surface area contributed by atoms with E-state index in [2.05, 4.69) is 4.98 Å². The van der Waals surface area contributed by atoms with Crippen molar-refractivity contribution in [3.8, 4) is 11.3 Å². The average Bonchev–Trinajstić information content (AvgIpc) is 3.22. The number of hydrogen-bond donors (Lipinski definition) is 1. The number of sulfone groups is 1. The fourth-order valence-electron chi connectivity index (χ4n) is 3.75. The maximum Gasteiger partial charge on any atom is 0.181 e. The Morgan fingerprint density at radius 1 is 1.03 bits per heavy atom. The number of aromatic nitrogens is 2. The van der Waals surface area contributed by atoms with E-state index in [-0.39, 0.29) is 0 Å². The number of rotatable bonds is 3. The quantitative estimate of drug-likeness (QED) is 0.532. The molecular weight excluding hydrogens is 406 g/mol. The highest BCUT2D eigenvalue weighted by molar-refractivity contribution is 7.92. The molecule has 0 radical (unpaired) electrons. The molecular formula is C21H19N3O3S2. The van der Waals surface area contributed by atoms with Crippen LogP contribution in [0.5, 0.6) is 0 Å². The standard InChI is InChI=1S/C21H19N3O3S2/c22-17-11-19(13-1-4-21-20(9-13)23-12-28-21)24-18-3-2-15(10-16(17)18)29(25,26)14-5-7-27-8-6-14/h1-4,9-12,14H,5-8H2,(H2,22,24). The summed E-state index contributed by atoms with van der Waals surface area (Å²) >= 11 is 1.59. The first kappa shape index (κ1) is 18.5. The Balaban J connectivity index is 1.57. The smallest absolute Gasteiger partial charge is 0.181 e. The number of fused-ring (bicyclic) bond motifs is 2. The van der Waals surface area contributed by atoms with Gasteiger partial charge < -0.3 is 10.5 Å². The fourth-order valence-corrected chi connectivity index (χ4v) is 6.15. The van der Waals surface area contributed by atoms with Crippen molar-refractivity contribution in [1.29, 1.82) is 0 Å². The van der Waals surface area contributed by atoms with Gasteiger partial charge in [-0.15, -0.1) is 11.3 Å². The average molecular weight is 426 g/mol. The number of thiazole rings is 1. The van der Waals surface area contributed by atoms with E-state index in [0.29, 0.717) is 47.5 Å². The topological polar surface area (TPSA) is 95.2 Å². The van der Waals surface area contributed by atoms with Gasteiger partial charge in [0.1, 0.15) is 0 Å². The van der Waals surface area contributed by atoms with Crippen LogP contribution in [0.1, 0.15) is 12.8 Å². The largest absolute Gasteiger partial charge is 0.398 e. The molecule has 0 aliphatic carbocycles. The lowest BCUT2D eigenvalue weighted by Gasteiger charge is -2.22. The second-order valence-electron chi connectivity index (χ2n) is 7.17. The van der Waals surface area contributed by atoms with E-state index < -0.39 is 15.1 Å². The summed E-state index contributed by atoms with van der Waals surface area (Å²) in [6, 6.07) is 12.8. The minimum absolute atomic E-state index is 0.294. The number of ether oxygens (including phenoxy) is 1. The summed E-state index contributed by atoms with van der Waals surface area (Å²) in [6.07, 6.45) is 1.04. The van der Waals surface area contributed by atoms with E-state index in [4.69, 9.17) is 15.5 Å². The van der Waals surface area contributed by atoms with Crippen LogP contribution in [-0.2, 0) is 14.6 Å². The molecule has 0 unspecified atom stereocenters. The number of nitrogens with two attached hydrogens (primary N) is 1. The van der Waals surface area contributed by atoms with E-state index in [9.17, 15) is 8.42 Å². The van der Waals surface area contributed by atoms with Gasteiger partial charge in [-0.25, -0.2) is 18.4 Å². The van der Waals surface area contributed by atoms with Gasteiger partial charge in [-0.3, -0.25) is 0 Å². The second kappa shape index (κ2) is 7.05. The van der Waals surface area contributed by atoms with Gasteiger partial charge >= 0.3 is 0 Å². The molecule has 0 saturated carbocycles. The summed E-state index contributed by atoms with van der Waals surface area (Å²) in [5, 5.41) is 0.239. The summed E-state index contributed by atoms with van der Waals surface area (Å²) in [7, 11) is -3.42. The molecule has 1 fully saturated rings. The van der Waals surface area contributed by atoms with Gasteiger partial charge in [0.25, 0.3) is 0 Å². The van der Waals surface area contributed by atoms with Crippen LogP contribution in [-0.4, -0.2) is 36.8 Å². The zero-order valence-corrected chi connectivity index (χ0v) is 17.2. The SMILES string of the molecule is Nc1cc(-c2ccc3scnc3c2)nc2ccc(S(=O)(=O)C3CCOCC3)cc12. The molecule has 4 aromatic rings. The Kier molecular flexibility index (Phi) is 4.49. The van der Waals surface area contributed by atoms with E-state index in [1.807, 2.05) is 23.7 Å². The molecule has 2 aromatic carbocycles. The van der Waals surface area contributed by atoms with Crippen LogP contribution >= 0.6 is 11.3 Å². The lowest BCUT2D eigenvalue weighted by atomic mass is 10.1. The molecule has 0 spiro atoms. The Labute approximate surface area is 172 Å². The minimum Gasteiger partial charge on any atom is -0.398 e. The van der Waals surface area contributed by atoms with Crippen molar-refractivity contribution in [2.45, 2.75) is 23.0 Å². The molecule has 1 saturated heterocycles. The van der Waals surface area contributed by atoms with Crippen LogP contribution in [0.4, 0.5) is 5.69 Å². The zero-order chi connectivity index (χ0) is 20.0. The summed E-state index contributed by atoms with van der Waals surface area (Å²) in [5.74, 6) is 0. The van der Waals surface area contributed by atoms with Crippen molar-refractivity contribution < 1.29 is 13.2 Å². The first-order valence-corrected chi connectivity index (χ1v) is 11.8. The number of nitrogen functional groups attached to an aromatic ring is 1. The number of pyridine rings is 1. The Bertz CT molecular complexity index is 1330. The van der Waals surface area contributed by atoms with E-state index >= 15 is 0 Å². The van der Waals surface area contributed by atoms with Crippen molar-refractivity contribution >= 4 is 48.0 Å². The van der Waals surface area contributed by atoms with E-state index in [1.54, 1.807) is 35.6 Å². The predicted molar refractivity (Wildman–Crippen MR) is 116 cm³/mol. The second-order valence-corrected chi connectivity index (χ2v) is 10.3. The van der Waals surface area contributed by atoms with Crippen LogP contribution in [0.3, 0.4) is 0 Å². The van der Waals surface area contributed by atoms with Gasteiger partial charge in [0, 0.05) is 29.9 Å². The van der Waals surface area contributed by atoms with Gasteiger partial charge in [0.15, 0.2) is 9.84 Å². The molecule has 6 nitrogen and oxygen atoms in total. The zero-order valence-electron chi connectivity index (χ0n) is 15.5. The molecule has 8 heteroatoms. The van der Waals surface area contributed by atoms with Crippen molar-refractivity contribution in [3.63, 3.8) is 0 Å². The molecule has 29 heavy (non-hydrogen) atoms. The number of nitrogens with zero attached hydrogens (tertiary/aromatic N) is 2. The van der Waals surface area contributed by atoms with Crippen molar-refractivity contribution in [1.82, 2.24) is 9.97 Å². The highest BCUT2D eigenvalue weighted by Gasteiger charge is 2.29. The predicted octanol–water partition coefficient (Wildman–Crippen LogP) is 4.05. The summed E-state index contributed by atoms with van der Waals surface area (Å²) in [5.41, 5.74) is 11.9. The number of benzene rings is 2. The molecule has 1 aliphatic heterocycles. The van der Waals surface area contributed by atoms with Gasteiger partial charge in [0.2, 0.25) is 0 Å². The molecule has 2 aromatic heterocycles. The molecule has 0 atom stereocenters. The van der Waals surface area contributed by atoms with Crippen LogP contribution in [0, 0.1) is 0 Å². The third-order valence-corrected chi connectivity index (χ3v) is 8.44. The Morgan fingerprint density at radius 3 is 2.69 bits per heavy atom. The lowest BCUT2D eigenvalue weighted by Crippen LogP contribution is -2.28. The number of hydrogen-bond acceptors (Lipinski definition) is 7. The molecule has 1 aliphatic rings. The number of anilines is 1. The van der Waals surface area contributed by atoms with Crippen LogP contribution in [0.15, 0.2) is 52.9 Å². The molecule has 3 heterocycles. The lowest BCUT2D eigenvalue weighted by molar-refractivity contribution is 0.0983. The molecule has 0 amide bonds. The molecule has 5 rings (SSSR count). The summed E-state index contributed by atoms with van der Waals surface area (Å²) in [4.78, 5) is 9.36. The third kappa shape index (κ3) is 3.27. The minimum atomic E-state index is -3.42. The van der Waals surface area contributed by atoms with Gasteiger partial charge in [0.05, 0.1) is 37.1 Å². The highest BCUT2D eigenvalue weighted by atomic mass is 32.2. The maximum absolute atomic E-state index is 13.0. The normalized spacial score (nSPS) is 15.9. The molecule has 148 valence electrons. The Morgan fingerprint density at radius 2 is 1.86 bits per heavy atom. The van der Waals surface area contributed by atoms with E-state index in [1.165, 1.54) is 0 Å². The van der Waals surface area contributed by atoms with Crippen LogP contribution < -0.4 is 5.73 Å². The molecule has 0 bridgehead atoms.